The third-order valence-electron chi connectivity index (χ3n) is 4.35. The number of nitriles is 1. The largest absolute Gasteiger partial charge is 0.198 e. The Balaban J connectivity index is 1.87. The quantitative estimate of drug-likeness (QED) is 0.681. The molecule has 0 bridgehead atoms. The number of nitrogens with zero attached hydrogens (tertiary/aromatic N) is 1. The van der Waals surface area contributed by atoms with Gasteiger partial charge in [-0.05, 0) is 43.1 Å². The lowest BCUT2D eigenvalue weighted by atomic mass is 9.68. The van der Waals surface area contributed by atoms with Crippen molar-refractivity contribution in [1.29, 1.82) is 5.26 Å². The van der Waals surface area contributed by atoms with Gasteiger partial charge in [0.2, 0.25) is 0 Å². The van der Waals surface area contributed by atoms with Crippen LogP contribution in [0.1, 0.15) is 45.4 Å². The van der Waals surface area contributed by atoms with Crippen molar-refractivity contribution < 1.29 is 0 Å². The normalized spacial score (nSPS) is 26.8. The van der Waals surface area contributed by atoms with Gasteiger partial charge in [0.25, 0.3) is 0 Å². The van der Waals surface area contributed by atoms with E-state index in [-0.39, 0.29) is 5.41 Å². The van der Waals surface area contributed by atoms with Gasteiger partial charge in [-0.2, -0.15) is 5.26 Å². The lowest BCUT2D eigenvalue weighted by Crippen LogP contribution is -2.27. The van der Waals surface area contributed by atoms with Crippen LogP contribution in [0.2, 0.25) is 0 Å². The van der Waals surface area contributed by atoms with Crippen LogP contribution in [0, 0.1) is 22.7 Å². The Morgan fingerprint density at radius 2 is 2.16 bits per heavy atom. The van der Waals surface area contributed by atoms with Gasteiger partial charge in [0.05, 0.1) is 11.5 Å². The average molecular weight is 273 g/mol. The van der Waals surface area contributed by atoms with Crippen LogP contribution in [0.3, 0.4) is 0 Å². The topological polar surface area (TPSA) is 23.8 Å². The Kier molecular flexibility index (Phi) is 5.34. The highest BCUT2D eigenvalue weighted by Gasteiger charge is 2.35. The molecular formula is C17H23NS. The highest BCUT2D eigenvalue weighted by Crippen LogP contribution is 2.43. The standard InChI is InChI=1S/C17H23NS/c1-2-15-7-6-10-17(13-15,14-18)11-12-19-16-8-4-3-5-9-16/h3-5,8-9,15H,2,6-7,10-13H2,1H3. The van der Waals surface area contributed by atoms with E-state index in [1.165, 1.54) is 24.2 Å². The van der Waals surface area contributed by atoms with E-state index in [2.05, 4.69) is 37.3 Å². The fourth-order valence-electron chi connectivity index (χ4n) is 3.10. The molecule has 0 saturated heterocycles. The molecule has 1 aliphatic carbocycles. The van der Waals surface area contributed by atoms with Gasteiger partial charge in [0.1, 0.15) is 0 Å². The molecule has 2 rings (SSSR count). The van der Waals surface area contributed by atoms with Gasteiger partial charge in [-0.25, -0.2) is 0 Å². The highest BCUT2D eigenvalue weighted by molar-refractivity contribution is 7.99. The van der Waals surface area contributed by atoms with Crippen LogP contribution in [0.5, 0.6) is 0 Å². The van der Waals surface area contributed by atoms with Crippen LogP contribution >= 0.6 is 11.8 Å². The number of thioether (sulfide) groups is 1. The van der Waals surface area contributed by atoms with Crippen LogP contribution in [0.15, 0.2) is 35.2 Å². The van der Waals surface area contributed by atoms with Crippen molar-refractivity contribution in [3.63, 3.8) is 0 Å². The van der Waals surface area contributed by atoms with Gasteiger partial charge >= 0.3 is 0 Å². The average Bonchev–Trinajstić information content (AvgIpc) is 2.48. The van der Waals surface area contributed by atoms with E-state index in [4.69, 9.17) is 0 Å². The molecule has 1 aromatic rings. The summed E-state index contributed by atoms with van der Waals surface area (Å²) in [7, 11) is 0. The molecule has 1 fully saturated rings. The summed E-state index contributed by atoms with van der Waals surface area (Å²) >= 11 is 1.89. The van der Waals surface area contributed by atoms with Crippen molar-refractivity contribution in [3.05, 3.63) is 30.3 Å². The predicted octanol–water partition coefficient (Wildman–Crippen LogP) is 5.28. The highest BCUT2D eigenvalue weighted by atomic mass is 32.2. The zero-order valence-electron chi connectivity index (χ0n) is 11.8. The minimum atomic E-state index is -0.0410. The molecule has 2 heteroatoms. The summed E-state index contributed by atoms with van der Waals surface area (Å²) in [5.74, 6) is 1.84. The van der Waals surface area contributed by atoms with Crippen LogP contribution in [-0.4, -0.2) is 5.75 Å². The molecule has 0 N–H and O–H groups in total. The minimum absolute atomic E-state index is 0.0410. The van der Waals surface area contributed by atoms with Crippen LogP contribution < -0.4 is 0 Å². The Labute approximate surface area is 121 Å². The second-order valence-corrected chi connectivity index (χ2v) is 6.84. The monoisotopic (exact) mass is 273 g/mol. The maximum absolute atomic E-state index is 9.59. The van der Waals surface area contributed by atoms with E-state index in [0.717, 1.165) is 30.9 Å². The fourth-order valence-corrected chi connectivity index (χ4v) is 4.18. The van der Waals surface area contributed by atoms with Crippen molar-refractivity contribution in [3.8, 4) is 6.07 Å². The van der Waals surface area contributed by atoms with E-state index in [1.54, 1.807) is 0 Å². The Bertz CT molecular complexity index is 423. The van der Waals surface area contributed by atoms with E-state index in [0.29, 0.717) is 0 Å². The number of rotatable bonds is 5. The molecule has 1 saturated carbocycles. The van der Waals surface area contributed by atoms with Crippen LogP contribution in [0.25, 0.3) is 0 Å². The molecule has 2 unspecified atom stereocenters. The molecule has 0 spiro atoms. The van der Waals surface area contributed by atoms with Gasteiger partial charge in [-0.15, -0.1) is 11.8 Å². The first-order valence-corrected chi connectivity index (χ1v) is 8.36. The van der Waals surface area contributed by atoms with Crippen LogP contribution in [0.4, 0.5) is 0 Å². The van der Waals surface area contributed by atoms with Gasteiger partial charge in [-0.1, -0.05) is 44.4 Å². The van der Waals surface area contributed by atoms with Gasteiger partial charge < -0.3 is 0 Å². The van der Waals surface area contributed by atoms with Crippen molar-refractivity contribution in [2.45, 2.75) is 50.3 Å². The number of benzene rings is 1. The van der Waals surface area contributed by atoms with Crippen molar-refractivity contribution in [2.24, 2.45) is 11.3 Å². The molecule has 2 atom stereocenters. The van der Waals surface area contributed by atoms with Gasteiger partial charge in [0, 0.05) is 4.90 Å². The van der Waals surface area contributed by atoms with E-state index in [9.17, 15) is 5.26 Å². The zero-order chi connectivity index (χ0) is 13.6. The van der Waals surface area contributed by atoms with Crippen LogP contribution in [-0.2, 0) is 0 Å². The maximum Gasteiger partial charge on any atom is 0.0690 e. The second kappa shape index (κ2) is 7.01. The Hall–Kier alpha value is -0.940. The first-order chi connectivity index (χ1) is 9.28. The number of hydrogen-bond donors (Lipinski definition) is 0. The SMILES string of the molecule is CCC1CCCC(C#N)(CCSc2ccccc2)C1. The molecule has 0 heterocycles. The van der Waals surface area contributed by atoms with E-state index in [1.807, 2.05) is 17.8 Å². The molecule has 1 aliphatic rings. The fraction of sp³-hybridized carbons (Fsp3) is 0.588. The Morgan fingerprint density at radius 3 is 2.84 bits per heavy atom. The van der Waals surface area contributed by atoms with Crippen molar-refractivity contribution in [2.75, 3.05) is 5.75 Å². The molecule has 102 valence electrons. The summed E-state index contributed by atoms with van der Waals surface area (Å²) in [5.41, 5.74) is -0.0410. The van der Waals surface area contributed by atoms with E-state index >= 15 is 0 Å². The predicted molar refractivity (Wildman–Crippen MR) is 82.1 cm³/mol. The molecule has 0 amide bonds. The number of hydrogen-bond acceptors (Lipinski definition) is 2. The summed E-state index contributed by atoms with van der Waals surface area (Å²) in [6.07, 6.45) is 7.06. The third-order valence-corrected chi connectivity index (χ3v) is 5.37. The minimum Gasteiger partial charge on any atom is -0.198 e. The first-order valence-electron chi connectivity index (χ1n) is 7.37. The third kappa shape index (κ3) is 4.01. The molecule has 0 aromatic heterocycles. The molecule has 1 nitrogen and oxygen atoms in total. The smallest absolute Gasteiger partial charge is 0.0690 e. The van der Waals surface area contributed by atoms with Crippen molar-refractivity contribution in [1.82, 2.24) is 0 Å². The van der Waals surface area contributed by atoms with Gasteiger partial charge in [0.15, 0.2) is 0 Å². The summed E-state index contributed by atoms with van der Waals surface area (Å²) in [6.45, 7) is 2.26. The van der Waals surface area contributed by atoms with E-state index < -0.39 is 0 Å². The van der Waals surface area contributed by atoms with Gasteiger partial charge in [-0.3, -0.25) is 0 Å². The second-order valence-electron chi connectivity index (χ2n) is 5.67. The molecule has 19 heavy (non-hydrogen) atoms. The zero-order valence-corrected chi connectivity index (χ0v) is 12.6. The molecular weight excluding hydrogens is 250 g/mol. The molecule has 0 aliphatic heterocycles. The first kappa shape index (κ1) is 14.5. The summed E-state index contributed by atoms with van der Waals surface area (Å²) in [6, 6.07) is 13.2. The lowest BCUT2D eigenvalue weighted by Gasteiger charge is -2.35. The molecule has 1 aromatic carbocycles. The summed E-state index contributed by atoms with van der Waals surface area (Å²) < 4.78 is 0. The van der Waals surface area contributed by atoms with Crippen molar-refractivity contribution >= 4 is 11.8 Å². The lowest BCUT2D eigenvalue weighted by molar-refractivity contribution is 0.190. The maximum atomic E-state index is 9.59. The molecule has 0 radical (unpaired) electrons. The Morgan fingerprint density at radius 1 is 1.37 bits per heavy atom. The summed E-state index contributed by atoms with van der Waals surface area (Å²) in [4.78, 5) is 1.32. The summed E-state index contributed by atoms with van der Waals surface area (Å²) in [5, 5.41) is 9.59.